The molecule has 3 rings (SSSR count). The van der Waals surface area contributed by atoms with E-state index in [2.05, 4.69) is 27.5 Å². The number of halogens is 2. The molecule has 8 heteroatoms. The predicted molar refractivity (Wildman–Crippen MR) is 112 cm³/mol. The van der Waals surface area contributed by atoms with Gasteiger partial charge in [-0.1, -0.05) is 11.6 Å². The first-order valence-electron chi connectivity index (χ1n) is 7.93. The van der Waals surface area contributed by atoms with Crippen molar-refractivity contribution in [2.75, 3.05) is 19.7 Å². The maximum Gasteiger partial charge on any atom is 0.191 e. The van der Waals surface area contributed by atoms with Gasteiger partial charge in [0, 0.05) is 24.7 Å². The highest BCUT2D eigenvalue weighted by Crippen LogP contribution is 2.25. The van der Waals surface area contributed by atoms with Crippen molar-refractivity contribution in [2.24, 2.45) is 4.99 Å². The van der Waals surface area contributed by atoms with Crippen LogP contribution in [0, 0.1) is 0 Å². The lowest BCUT2D eigenvalue weighted by Gasteiger charge is -2.14. The number of ether oxygens (including phenoxy) is 1. The number of benzene rings is 1. The van der Waals surface area contributed by atoms with Gasteiger partial charge < -0.3 is 15.4 Å². The van der Waals surface area contributed by atoms with E-state index in [1.807, 2.05) is 18.2 Å². The molecule has 2 aromatic rings. The quantitative estimate of drug-likeness (QED) is 0.388. The first-order valence-corrected chi connectivity index (χ1v) is 9.13. The zero-order chi connectivity index (χ0) is 16.1. The van der Waals surface area contributed by atoms with Crippen LogP contribution in [0.5, 0.6) is 0 Å². The van der Waals surface area contributed by atoms with Crippen molar-refractivity contribution < 1.29 is 4.74 Å². The number of fused-ring (bicyclic) bond motifs is 1. The summed E-state index contributed by atoms with van der Waals surface area (Å²) >= 11 is 7.66. The van der Waals surface area contributed by atoms with E-state index in [0.29, 0.717) is 17.7 Å². The van der Waals surface area contributed by atoms with Gasteiger partial charge in [-0.05, 0) is 38.0 Å². The number of hydrogen-bond acceptors (Lipinski definition) is 4. The van der Waals surface area contributed by atoms with Crippen LogP contribution < -0.4 is 10.6 Å². The van der Waals surface area contributed by atoms with E-state index < -0.39 is 0 Å². The van der Waals surface area contributed by atoms with Crippen LogP contribution in [0.15, 0.2) is 23.2 Å². The van der Waals surface area contributed by atoms with Gasteiger partial charge in [-0.2, -0.15) is 0 Å². The highest BCUT2D eigenvalue weighted by molar-refractivity contribution is 14.0. The standard InChI is InChI=1S/C16H21ClN4OS.HI/c1-2-18-16(19-9-12-4-3-7-22-12)20-10-15-21-13-8-11(17)5-6-14(13)23-15;/h5-6,8,12H,2-4,7,9-10H2,1H3,(H2,18,19,20);1H. The van der Waals surface area contributed by atoms with Gasteiger partial charge in [-0.3, -0.25) is 0 Å². The van der Waals surface area contributed by atoms with Crippen molar-refractivity contribution in [2.45, 2.75) is 32.4 Å². The van der Waals surface area contributed by atoms with Gasteiger partial charge in [0.1, 0.15) is 5.01 Å². The number of aliphatic imine (C=N–C) groups is 1. The molecule has 132 valence electrons. The molecule has 0 radical (unpaired) electrons. The second-order valence-electron chi connectivity index (χ2n) is 5.43. The third-order valence-corrected chi connectivity index (χ3v) is 4.89. The van der Waals surface area contributed by atoms with Crippen molar-refractivity contribution in [1.82, 2.24) is 15.6 Å². The smallest absolute Gasteiger partial charge is 0.191 e. The minimum Gasteiger partial charge on any atom is -0.376 e. The van der Waals surface area contributed by atoms with Crippen LogP contribution in [0.4, 0.5) is 0 Å². The van der Waals surface area contributed by atoms with E-state index in [4.69, 9.17) is 16.3 Å². The third-order valence-electron chi connectivity index (χ3n) is 3.63. The van der Waals surface area contributed by atoms with Crippen LogP contribution in [0.25, 0.3) is 10.2 Å². The normalized spacial score (nSPS) is 17.8. The first-order chi connectivity index (χ1) is 11.2. The van der Waals surface area contributed by atoms with Crippen molar-refractivity contribution in [3.05, 3.63) is 28.2 Å². The van der Waals surface area contributed by atoms with Crippen molar-refractivity contribution in [1.29, 1.82) is 0 Å². The Balaban J connectivity index is 0.00000208. The van der Waals surface area contributed by atoms with Crippen LogP contribution in [0.2, 0.25) is 5.02 Å². The van der Waals surface area contributed by atoms with Gasteiger partial charge in [-0.25, -0.2) is 9.98 Å². The molecule has 24 heavy (non-hydrogen) atoms. The highest BCUT2D eigenvalue weighted by Gasteiger charge is 2.15. The molecule has 2 heterocycles. The van der Waals surface area contributed by atoms with Crippen molar-refractivity contribution in [3.8, 4) is 0 Å². The van der Waals surface area contributed by atoms with Crippen molar-refractivity contribution >= 4 is 63.1 Å². The fourth-order valence-corrected chi connectivity index (χ4v) is 3.56. The van der Waals surface area contributed by atoms with Crippen LogP contribution in [0.1, 0.15) is 24.8 Å². The summed E-state index contributed by atoms with van der Waals surface area (Å²) in [6, 6.07) is 5.78. The zero-order valence-corrected chi connectivity index (χ0v) is 17.5. The van der Waals surface area contributed by atoms with E-state index in [1.54, 1.807) is 11.3 Å². The maximum absolute atomic E-state index is 6.01. The second-order valence-corrected chi connectivity index (χ2v) is 6.98. The van der Waals surface area contributed by atoms with E-state index in [-0.39, 0.29) is 24.0 Å². The summed E-state index contributed by atoms with van der Waals surface area (Å²) in [5.74, 6) is 0.806. The fraction of sp³-hybridized carbons (Fsp3) is 0.500. The maximum atomic E-state index is 6.01. The van der Waals surface area contributed by atoms with Gasteiger partial charge in [0.05, 0.1) is 22.9 Å². The Hall–Kier alpha value is -0.640. The lowest BCUT2D eigenvalue weighted by atomic mass is 10.2. The average Bonchev–Trinajstić information content (AvgIpc) is 3.18. The van der Waals surface area contributed by atoms with E-state index in [0.717, 1.165) is 53.7 Å². The minimum absolute atomic E-state index is 0. The number of aromatic nitrogens is 1. The molecule has 1 atom stereocenters. The summed E-state index contributed by atoms with van der Waals surface area (Å²) in [6.45, 7) is 5.10. The third kappa shape index (κ3) is 5.44. The minimum atomic E-state index is 0. The molecule has 2 N–H and O–H groups in total. The summed E-state index contributed by atoms with van der Waals surface area (Å²) in [5.41, 5.74) is 0.935. The van der Waals surface area contributed by atoms with Crippen LogP contribution in [0.3, 0.4) is 0 Å². The molecule has 5 nitrogen and oxygen atoms in total. The van der Waals surface area contributed by atoms with E-state index in [1.165, 1.54) is 0 Å². The van der Waals surface area contributed by atoms with Crippen LogP contribution in [-0.2, 0) is 11.3 Å². The van der Waals surface area contributed by atoms with Crippen molar-refractivity contribution in [3.63, 3.8) is 0 Å². The SMILES string of the molecule is CCNC(=NCc1nc2cc(Cl)ccc2s1)NCC1CCCO1.I. The summed E-state index contributed by atoms with van der Waals surface area (Å²) < 4.78 is 6.76. The highest BCUT2D eigenvalue weighted by atomic mass is 127. The first kappa shape index (κ1) is 19.7. The molecule has 0 bridgehead atoms. The molecule has 0 saturated carbocycles. The van der Waals surface area contributed by atoms with E-state index >= 15 is 0 Å². The Morgan fingerprint density at radius 3 is 3.08 bits per heavy atom. The predicted octanol–water partition coefficient (Wildman–Crippen LogP) is 3.80. The lowest BCUT2D eigenvalue weighted by molar-refractivity contribution is 0.114. The number of thiazole rings is 1. The summed E-state index contributed by atoms with van der Waals surface area (Å²) in [4.78, 5) is 9.21. The molecule has 1 aromatic carbocycles. The molecule has 0 aliphatic carbocycles. The number of nitrogens with one attached hydrogen (secondary N) is 2. The Bertz CT molecular complexity index is 688. The van der Waals surface area contributed by atoms with Gasteiger partial charge in [0.2, 0.25) is 0 Å². The summed E-state index contributed by atoms with van der Waals surface area (Å²) in [6.07, 6.45) is 2.56. The average molecular weight is 481 g/mol. The Kier molecular flexibility index (Phi) is 7.99. The number of guanidine groups is 1. The second kappa shape index (κ2) is 9.74. The molecular formula is C16H22ClIN4OS. The van der Waals surface area contributed by atoms with E-state index in [9.17, 15) is 0 Å². The molecule has 0 spiro atoms. The van der Waals surface area contributed by atoms with Crippen LogP contribution in [-0.4, -0.2) is 36.7 Å². The molecule has 1 aliphatic rings. The molecule has 1 unspecified atom stereocenters. The van der Waals surface area contributed by atoms with Crippen LogP contribution >= 0.6 is 46.9 Å². The zero-order valence-electron chi connectivity index (χ0n) is 13.5. The Labute approximate surface area is 168 Å². The molecule has 1 aliphatic heterocycles. The summed E-state index contributed by atoms with van der Waals surface area (Å²) in [5, 5.41) is 8.30. The number of nitrogens with zero attached hydrogens (tertiary/aromatic N) is 2. The van der Waals surface area contributed by atoms with Gasteiger partial charge in [0.25, 0.3) is 0 Å². The Morgan fingerprint density at radius 2 is 2.33 bits per heavy atom. The number of hydrogen-bond donors (Lipinski definition) is 2. The largest absolute Gasteiger partial charge is 0.376 e. The summed E-state index contributed by atoms with van der Waals surface area (Å²) in [7, 11) is 0. The lowest BCUT2D eigenvalue weighted by Crippen LogP contribution is -2.41. The topological polar surface area (TPSA) is 58.5 Å². The monoisotopic (exact) mass is 480 g/mol. The molecule has 1 fully saturated rings. The van der Waals surface area contributed by atoms with Gasteiger partial charge >= 0.3 is 0 Å². The molecular weight excluding hydrogens is 459 g/mol. The Morgan fingerprint density at radius 1 is 1.46 bits per heavy atom. The molecule has 0 amide bonds. The molecule has 1 saturated heterocycles. The number of rotatable bonds is 5. The fourth-order valence-electron chi connectivity index (χ4n) is 2.52. The van der Waals surface area contributed by atoms with Gasteiger partial charge in [-0.15, -0.1) is 35.3 Å². The van der Waals surface area contributed by atoms with Gasteiger partial charge in [0.15, 0.2) is 5.96 Å². The molecule has 1 aromatic heterocycles.